The summed E-state index contributed by atoms with van der Waals surface area (Å²) in [6.07, 6.45) is 0.465. The number of carbonyl (C=O) groups excluding carboxylic acids is 1. The number of carbonyl (C=O) groups is 2. The number of fused-ring (bicyclic) bond motifs is 1. The molecular formula is C14H15NO4. The van der Waals surface area contributed by atoms with Crippen LogP contribution in [0.3, 0.4) is 0 Å². The van der Waals surface area contributed by atoms with Gasteiger partial charge in [-0.2, -0.15) is 0 Å². The minimum Gasteiger partial charge on any atom is -0.491 e. The Bertz CT molecular complexity index is 528. The lowest BCUT2D eigenvalue weighted by Gasteiger charge is -2.19. The first-order valence-electron chi connectivity index (χ1n) is 6.39. The fourth-order valence-electron chi connectivity index (χ4n) is 2.49. The van der Waals surface area contributed by atoms with Crippen LogP contribution in [-0.4, -0.2) is 35.0 Å². The molecule has 1 aromatic rings. The Morgan fingerprint density at radius 1 is 1.26 bits per heavy atom. The van der Waals surface area contributed by atoms with E-state index in [1.54, 1.807) is 4.90 Å². The molecular weight excluding hydrogens is 246 g/mol. The van der Waals surface area contributed by atoms with Crippen molar-refractivity contribution >= 4 is 11.9 Å². The van der Waals surface area contributed by atoms with E-state index in [1.165, 1.54) is 0 Å². The monoisotopic (exact) mass is 261 g/mol. The van der Waals surface area contributed by atoms with Gasteiger partial charge in [0.05, 0.1) is 18.4 Å². The van der Waals surface area contributed by atoms with E-state index < -0.39 is 11.9 Å². The van der Waals surface area contributed by atoms with E-state index in [0.717, 1.165) is 11.3 Å². The van der Waals surface area contributed by atoms with Crippen LogP contribution in [0.5, 0.6) is 5.75 Å². The fourth-order valence-corrected chi connectivity index (χ4v) is 2.49. The van der Waals surface area contributed by atoms with Gasteiger partial charge in [-0.3, -0.25) is 9.59 Å². The number of carboxylic acids is 1. The molecule has 19 heavy (non-hydrogen) atoms. The number of amides is 1. The highest BCUT2D eigenvalue weighted by Gasteiger charge is 2.49. The summed E-state index contributed by atoms with van der Waals surface area (Å²) < 4.78 is 5.59. The second kappa shape index (κ2) is 4.57. The number of aliphatic carboxylic acids is 1. The van der Waals surface area contributed by atoms with Crippen LogP contribution in [0.1, 0.15) is 12.0 Å². The van der Waals surface area contributed by atoms with Gasteiger partial charge in [-0.05, 0) is 12.5 Å². The van der Waals surface area contributed by atoms with Crippen LogP contribution in [0.4, 0.5) is 0 Å². The average Bonchev–Trinajstić information content (AvgIpc) is 3.20. The Hall–Kier alpha value is -2.04. The van der Waals surface area contributed by atoms with Crippen LogP contribution in [0, 0.1) is 11.8 Å². The molecule has 5 heteroatoms. The molecule has 0 aromatic heterocycles. The fraction of sp³-hybridized carbons (Fsp3) is 0.429. The van der Waals surface area contributed by atoms with Gasteiger partial charge in [0.2, 0.25) is 5.91 Å². The molecule has 1 saturated carbocycles. The molecule has 2 atom stereocenters. The van der Waals surface area contributed by atoms with Gasteiger partial charge in [0.15, 0.2) is 0 Å². The number of nitrogens with zero attached hydrogens (tertiary/aromatic N) is 1. The topological polar surface area (TPSA) is 66.8 Å². The summed E-state index contributed by atoms with van der Waals surface area (Å²) in [5, 5.41) is 8.89. The van der Waals surface area contributed by atoms with Gasteiger partial charge in [-0.1, -0.05) is 18.2 Å². The van der Waals surface area contributed by atoms with Crippen molar-refractivity contribution in [1.82, 2.24) is 4.90 Å². The summed E-state index contributed by atoms with van der Waals surface area (Å²) in [5.74, 6) is -0.962. The molecule has 1 N–H and O–H groups in total. The Morgan fingerprint density at radius 2 is 2.05 bits per heavy atom. The predicted molar refractivity (Wildman–Crippen MR) is 66.6 cm³/mol. The van der Waals surface area contributed by atoms with Crippen molar-refractivity contribution in [1.29, 1.82) is 0 Å². The maximum absolute atomic E-state index is 12.2. The largest absolute Gasteiger partial charge is 0.491 e. The third-order valence-electron chi connectivity index (χ3n) is 3.69. The highest BCUT2D eigenvalue weighted by atomic mass is 16.5. The average molecular weight is 261 g/mol. The molecule has 0 saturated heterocycles. The maximum Gasteiger partial charge on any atom is 0.307 e. The van der Waals surface area contributed by atoms with Crippen LogP contribution in [0.15, 0.2) is 24.3 Å². The van der Waals surface area contributed by atoms with Crippen molar-refractivity contribution in [2.24, 2.45) is 11.8 Å². The van der Waals surface area contributed by atoms with Crippen molar-refractivity contribution < 1.29 is 19.4 Å². The smallest absolute Gasteiger partial charge is 0.307 e. The van der Waals surface area contributed by atoms with Crippen LogP contribution in [0.2, 0.25) is 0 Å². The Labute approximate surface area is 110 Å². The normalized spacial score (nSPS) is 24.9. The number of benzene rings is 1. The third-order valence-corrected chi connectivity index (χ3v) is 3.69. The van der Waals surface area contributed by atoms with Gasteiger partial charge >= 0.3 is 5.97 Å². The lowest BCUT2D eigenvalue weighted by molar-refractivity contribution is -0.142. The Balaban J connectivity index is 1.73. The van der Waals surface area contributed by atoms with Crippen molar-refractivity contribution in [2.45, 2.75) is 13.0 Å². The molecule has 2 aliphatic rings. The van der Waals surface area contributed by atoms with Gasteiger partial charge in [-0.15, -0.1) is 0 Å². The highest BCUT2D eigenvalue weighted by molar-refractivity contribution is 5.89. The third kappa shape index (κ3) is 2.28. The lowest BCUT2D eigenvalue weighted by atomic mass is 10.2. The lowest BCUT2D eigenvalue weighted by Crippen LogP contribution is -2.34. The molecule has 1 aromatic carbocycles. The summed E-state index contributed by atoms with van der Waals surface area (Å²) in [7, 11) is 0. The molecule has 3 rings (SSSR count). The number of hydrogen-bond donors (Lipinski definition) is 1. The van der Waals surface area contributed by atoms with Gasteiger partial charge in [0.25, 0.3) is 0 Å². The number of para-hydroxylation sites is 1. The van der Waals surface area contributed by atoms with Crippen molar-refractivity contribution in [3.63, 3.8) is 0 Å². The second-order valence-corrected chi connectivity index (χ2v) is 5.00. The first-order chi connectivity index (χ1) is 9.16. The maximum atomic E-state index is 12.2. The summed E-state index contributed by atoms with van der Waals surface area (Å²) in [5.41, 5.74) is 0.973. The molecule has 1 amide bonds. The molecule has 1 aliphatic carbocycles. The minimum atomic E-state index is -0.871. The van der Waals surface area contributed by atoms with Gasteiger partial charge in [-0.25, -0.2) is 0 Å². The van der Waals surface area contributed by atoms with Crippen LogP contribution in [-0.2, 0) is 16.1 Å². The highest BCUT2D eigenvalue weighted by Crippen LogP contribution is 2.40. The van der Waals surface area contributed by atoms with Crippen molar-refractivity contribution in [2.75, 3.05) is 13.2 Å². The predicted octanol–water partition coefficient (Wildman–Crippen LogP) is 1.13. The van der Waals surface area contributed by atoms with Crippen molar-refractivity contribution in [3.8, 4) is 5.75 Å². The van der Waals surface area contributed by atoms with Crippen LogP contribution >= 0.6 is 0 Å². The molecule has 5 nitrogen and oxygen atoms in total. The summed E-state index contributed by atoms with van der Waals surface area (Å²) >= 11 is 0. The van der Waals surface area contributed by atoms with Crippen LogP contribution < -0.4 is 4.74 Å². The standard InChI is InChI=1S/C14H15NO4/c16-13(10-7-11(10)14(17)18)15-5-6-19-12-4-2-1-3-9(12)8-15/h1-4,10-11H,5-8H2,(H,17,18)/t10-,11-/m0/s1. The first-order valence-corrected chi connectivity index (χ1v) is 6.39. The summed E-state index contributed by atoms with van der Waals surface area (Å²) in [6.45, 7) is 1.46. The quantitative estimate of drug-likeness (QED) is 0.866. The number of ether oxygens (including phenoxy) is 1. The Kier molecular flexibility index (Phi) is 2.89. The van der Waals surface area contributed by atoms with E-state index in [9.17, 15) is 9.59 Å². The van der Waals surface area contributed by atoms with Gasteiger partial charge in [0, 0.05) is 12.1 Å². The first kappa shape index (κ1) is 12.0. The number of rotatable bonds is 2. The second-order valence-electron chi connectivity index (χ2n) is 5.00. The molecule has 0 unspecified atom stereocenters. The van der Waals surface area contributed by atoms with E-state index in [1.807, 2.05) is 24.3 Å². The molecule has 0 radical (unpaired) electrons. The molecule has 1 fully saturated rings. The van der Waals surface area contributed by atoms with E-state index in [-0.39, 0.29) is 11.8 Å². The molecule has 1 aliphatic heterocycles. The Morgan fingerprint density at radius 3 is 2.79 bits per heavy atom. The molecule has 0 spiro atoms. The van der Waals surface area contributed by atoms with Crippen molar-refractivity contribution in [3.05, 3.63) is 29.8 Å². The van der Waals surface area contributed by atoms with Gasteiger partial charge < -0.3 is 14.7 Å². The van der Waals surface area contributed by atoms with Crippen LogP contribution in [0.25, 0.3) is 0 Å². The minimum absolute atomic E-state index is 0.0623. The summed E-state index contributed by atoms with van der Waals surface area (Å²) in [4.78, 5) is 24.8. The number of hydrogen-bond acceptors (Lipinski definition) is 3. The zero-order chi connectivity index (χ0) is 13.4. The zero-order valence-corrected chi connectivity index (χ0v) is 10.4. The van der Waals surface area contributed by atoms with E-state index >= 15 is 0 Å². The zero-order valence-electron chi connectivity index (χ0n) is 10.4. The van der Waals surface area contributed by atoms with E-state index in [4.69, 9.17) is 9.84 Å². The van der Waals surface area contributed by atoms with E-state index in [2.05, 4.69) is 0 Å². The summed E-state index contributed by atoms with van der Waals surface area (Å²) in [6, 6.07) is 7.63. The SMILES string of the molecule is O=C(O)[C@H]1C[C@@H]1C(=O)N1CCOc2ccccc2C1. The number of carboxylic acid groups (broad SMARTS) is 1. The molecule has 0 bridgehead atoms. The molecule has 1 heterocycles. The molecule has 100 valence electrons. The van der Waals surface area contributed by atoms with Gasteiger partial charge in [0.1, 0.15) is 12.4 Å². The van der Waals surface area contributed by atoms with E-state index in [0.29, 0.717) is 26.1 Å².